The third kappa shape index (κ3) is 7.79. The SMILES string of the molecule is COc1ccnc(C(=O)N[C@@H](C)C(=O)O[C@H](Cc2ccccc2)[C@H](C)Oc2ccccc2)c1OC(C)=O. The Kier molecular flexibility index (Phi) is 9.60. The van der Waals surface area contributed by atoms with Crippen molar-refractivity contribution < 1.29 is 33.3 Å². The number of aromatic nitrogens is 1. The smallest absolute Gasteiger partial charge is 0.328 e. The summed E-state index contributed by atoms with van der Waals surface area (Å²) in [6.07, 6.45) is 0.628. The average Bonchev–Trinajstić information content (AvgIpc) is 2.89. The minimum absolute atomic E-state index is 0.137. The Morgan fingerprint density at radius 2 is 1.59 bits per heavy atom. The first-order valence-electron chi connectivity index (χ1n) is 11.8. The van der Waals surface area contributed by atoms with Gasteiger partial charge in [-0.05, 0) is 31.5 Å². The van der Waals surface area contributed by atoms with E-state index in [0.717, 1.165) is 5.56 Å². The molecule has 0 radical (unpaired) electrons. The van der Waals surface area contributed by atoms with E-state index in [-0.39, 0.29) is 17.2 Å². The lowest BCUT2D eigenvalue weighted by Gasteiger charge is -2.26. The molecule has 3 aromatic rings. The number of pyridine rings is 1. The van der Waals surface area contributed by atoms with Gasteiger partial charge in [-0.3, -0.25) is 9.59 Å². The minimum atomic E-state index is -1.03. The normalized spacial score (nSPS) is 13.0. The van der Waals surface area contributed by atoms with Crippen molar-refractivity contribution in [3.63, 3.8) is 0 Å². The van der Waals surface area contributed by atoms with Gasteiger partial charge >= 0.3 is 11.9 Å². The van der Waals surface area contributed by atoms with Gasteiger partial charge in [0.25, 0.3) is 5.91 Å². The van der Waals surface area contributed by atoms with E-state index in [2.05, 4.69) is 10.3 Å². The topological polar surface area (TPSA) is 113 Å². The fourth-order valence-corrected chi connectivity index (χ4v) is 3.51. The van der Waals surface area contributed by atoms with Gasteiger partial charge in [-0.1, -0.05) is 48.5 Å². The van der Waals surface area contributed by atoms with Gasteiger partial charge in [0.1, 0.15) is 24.0 Å². The molecule has 0 aliphatic heterocycles. The highest BCUT2D eigenvalue weighted by Gasteiger charge is 2.29. The summed E-state index contributed by atoms with van der Waals surface area (Å²) in [6, 6.07) is 19.2. The molecule has 1 N–H and O–H groups in total. The summed E-state index contributed by atoms with van der Waals surface area (Å²) in [4.78, 5) is 41.5. The van der Waals surface area contributed by atoms with Crippen LogP contribution in [0.3, 0.4) is 0 Å². The van der Waals surface area contributed by atoms with Gasteiger partial charge in [-0.2, -0.15) is 0 Å². The number of esters is 2. The van der Waals surface area contributed by atoms with Crippen molar-refractivity contribution in [1.29, 1.82) is 0 Å². The van der Waals surface area contributed by atoms with Crippen molar-refractivity contribution in [3.05, 3.63) is 84.2 Å². The molecule has 37 heavy (non-hydrogen) atoms. The number of benzene rings is 2. The number of amides is 1. The minimum Gasteiger partial charge on any atom is -0.493 e. The van der Waals surface area contributed by atoms with Crippen LogP contribution in [0.15, 0.2) is 72.9 Å². The molecular weight excluding hydrogens is 476 g/mol. The third-order valence-electron chi connectivity index (χ3n) is 5.39. The first-order chi connectivity index (χ1) is 17.8. The van der Waals surface area contributed by atoms with E-state index in [4.69, 9.17) is 18.9 Å². The van der Waals surface area contributed by atoms with Crippen LogP contribution in [0, 0.1) is 0 Å². The highest BCUT2D eigenvalue weighted by Crippen LogP contribution is 2.29. The van der Waals surface area contributed by atoms with Crippen molar-refractivity contribution in [2.45, 2.75) is 45.4 Å². The number of nitrogens with one attached hydrogen (secondary N) is 1. The highest BCUT2D eigenvalue weighted by atomic mass is 16.6. The summed E-state index contributed by atoms with van der Waals surface area (Å²) >= 11 is 0. The predicted molar refractivity (Wildman–Crippen MR) is 136 cm³/mol. The molecule has 1 amide bonds. The van der Waals surface area contributed by atoms with Crippen LogP contribution in [-0.2, 0) is 20.7 Å². The molecule has 0 aliphatic carbocycles. The van der Waals surface area contributed by atoms with Gasteiger partial charge < -0.3 is 24.3 Å². The molecule has 9 heteroatoms. The number of hydrogen-bond acceptors (Lipinski definition) is 8. The lowest BCUT2D eigenvalue weighted by molar-refractivity contribution is -0.155. The van der Waals surface area contributed by atoms with E-state index >= 15 is 0 Å². The summed E-state index contributed by atoms with van der Waals surface area (Å²) in [5, 5.41) is 2.56. The van der Waals surface area contributed by atoms with Crippen LogP contribution in [0.2, 0.25) is 0 Å². The summed E-state index contributed by atoms with van der Waals surface area (Å²) < 4.78 is 22.1. The second-order valence-corrected chi connectivity index (χ2v) is 8.28. The summed E-state index contributed by atoms with van der Waals surface area (Å²) in [5.74, 6) is -1.37. The number of carbonyl (C=O) groups excluding carboxylic acids is 3. The standard InChI is InChI=1S/C28H30N2O7/c1-18(30-27(32)25-26(36-20(3)31)23(34-4)15-16-29-25)28(33)37-24(17-21-11-7-5-8-12-21)19(2)35-22-13-9-6-10-14-22/h5-16,18-19,24H,17H2,1-4H3,(H,30,32)/t18-,19-,24+/m0/s1. The molecule has 2 aromatic carbocycles. The zero-order chi connectivity index (χ0) is 26.8. The van der Waals surface area contributed by atoms with E-state index in [0.29, 0.717) is 12.2 Å². The lowest BCUT2D eigenvalue weighted by Crippen LogP contribution is -2.44. The third-order valence-corrected chi connectivity index (χ3v) is 5.39. The van der Waals surface area contributed by atoms with Gasteiger partial charge in [0.05, 0.1) is 7.11 Å². The molecule has 0 spiro atoms. The van der Waals surface area contributed by atoms with Crippen molar-refractivity contribution in [2.75, 3.05) is 7.11 Å². The molecule has 0 aliphatic rings. The fourth-order valence-electron chi connectivity index (χ4n) is 3.51. The van der Waals surface area contributed by atoms with Crippen molar-refractivity contribution in [1.82, 2.24) is 10.3 Å². The number of methoxy groups -OCH3 is 1. The van der Waals surface area contributed by atoms with Crippen LogP contribution in [-0.4, -0.2) is 48.2 Å². The number of hydrogen-bond donors (Lipinski definition) is 1. The maximum absolute atomic E-state index is 13.0. The Hall–Kier alpha value is -4.40. The average molecular weight is 507 g/mol. The maximum Gasteiger partial charge on any atom is 0.328 e. The first kappa shape index (κ1) is 27.2. The summed E-state index contributed by atoms with van der Waals surface area (Å²) in [5.41, 5.74) is 0.767. The van der Waals surface area contributed by atoms with Crippen LogP contribution in [0.1, 0.15) is 36.8 Å². The number of nitrogens with zero attached hydrogens (tertiary/aromatic N) is 1. The molecule has 0 bridgehead atoms. The van der Waals surface area contributed by atoms with Crippen molar-refractivity contribution in [2.24, 2.45) is 0 Å². The Bertz CT molecular complexity index is 1200. The van der Waals surface area contributed by atoms with Gasteiger partial charge in [0, 0.05) is 25.6 Å². The molecule has 0 saturated heterocycles. The number of carbonyl (C=O) groups is 3. The number of ether oxygens (including phenoxy) is 4. The Labute approximate surface area is 215 Å². The fraction of sp³-hybridized carbons (Fsp3) is 0.286. The van der Waals surface area contributed by atoms with E-state index < -0.39 is 36.1 Å². The van der Waals surface area contributed by atoms with Crippen LogP contribution in [0.25, 0.3) is 0 Å². The largest absolute Gasteiger partial charge is 0.493 e. The second-order valence-electron chi connectivity index (χ2n) is 8.28. The molecule has 1 heterocycles. The van der Waals surface area contributed by atoms with Crippen LogP contribution < -0.4 is 19.5 Å². The molecule has 1 aromatic heterocycles. The summed E-state index contributed by atoms with van der Waals surface area (Å²) in [6.45, 7) is 4.51. The monoisotopic (exact) mass is 506 g/mol. The van der Waals surface area contributed by atoms with Crippen LogP contribution in [0.5, 0.6) is 17.2 Å². The van der Waals surface area contributed by atoms with Crippen LogP contribution in [0.4, 0.5) is 0 Å². The Balaban J connectivity index is 1.74. The van der Waals surface area contributed by atoms with Gasteiger partial charge in [0.2, 0.25) is 5.75 Å². The number of para-hydroxylation sites is 1. The molecule has 9 nitrogen and oxygen atoms in total. The van der Waals surface area contributed by atoms with E-state index in [1.807, 2.05) is 67.6 Å². The molecule has 0 unspecified atom stereocenters. The summed E-state index contributed by atoms with van der Waals surface area (Å²) in [7, 11) is 1.37. The predicted octanol–water partition coefficient (Wildman–Crippen LogP) is 3.76. The zero-order valence-corrected chi connectivity index (χ0v) is 21.2. The molecular formula is C28H30N2O7. The number of rotatable bonds is 11. The first-order valence-corrected chi connectivity index (χ1v) is 11.8. The van der Waals surface area contributed by atoms with Gasteiger partial charge in [0.15, 0.2) is 11.4 Å². The van der Waals surface area contributed by atoms with E-state index in [1.165, 1.54) is 33.2 Å². The van der Waals surface area contributed by atoms with E-state index in [9.17, 15) is 14.4 Å². The Morgan fingerprint density at radius 1 is 0.946 bits per heavy atom. The molecule has 3 atom stereocenters. The zero-order valence-electron chi connectivity index (χ0n) is 21.2. The van der Waals surface area contributed by atoms with Crippen molar-refractivity contribution >= 4 is 17.8 Å². The van der Waals surface area contributed by atoms with Crippen LogP contribution >= 0.6 is 0 Å². The van der Waals surface area contributed by atoms with Crippen molar-refractivity contribution in [3.8, 4) is 17.2 Å². The molecule has 3 rings (SSSR count). The highest BCUT2D eigenvalue weighted by molar-refractivity contribution is 5.98. The molecule has 0 fully saturated rings. The second kappa shape index (κ2) is 13.1. The molecule has 194 valence electrons. The quantitative estimate of drug-likeness (QED) is 0.391. The Morgan fingerprint density at radius 3 is 2.22 bits per heavy atom. The van der Waals surface area contributed by atoms with E-state index in [1.54, 1.807) is 0 Å². The van der Waals surface area contributed by atoms with Gasteiger partial charge in [-0.15, -0.1) is 0 Å². The van der Waals surface area contributed by atoms with Gasteiger partial charge in [-0.25, -0.2) is 9.78 Å². The lowest BCUT2D eigenvalue weighted by atomic mass is 10.0. The molecule has 0 saturated carbocycles. The maximum atomic E-state index is 13.0.